The monoisotopic (exact) mass is 371 g/mol. The molecule has 0 aliphatic carbocycles. The summed E-state index contributed by atoms with van der Waals surface area (Å²) < 4.78 is 0. The Labute approximate surface area is 166 Å². The predicted molar refractivity (Wildman–Crippen MR) is 114 cm³/mol. The molecule has 0 fully saturated rings. The molecule has 1 aliphatic rings. The number of rotatable bonds is 5. The molecule has 0 bridgehead atoms. The number of fused-ring (bicyclic) bond motifs is 3. The summed E-state index contributed by atoms with van der Waals surface area (Å²) in [6.45, 7) is 2.92. The summed E-state index contributed by atoms with van der Waals surface area (Å²) in [6.07, 6.45) is 3.50. The molecule has 2 aromatic carbocycles. The Hall–Kier alpha value is -2.98. The van der Waals surface area contributed by atoms with E-state index in [1.165, 1.54) is 22.3 Å². The van der Waals surface area contributed by atoms with Crippen molar-refractivity contribution in [3.8, 4) is 16.9 Å². The molecule has 1 aliphatic heterocycles. The second kappa shape index (κ2) is 8.36. The number of nitrogens with zero attached hydrogens (tertiary/aromatic N) is 3. The molecule has 1 aromatic heterocycles. The standard InChI is InChI=1S/C24H25N3O/c1-25-15-23-24(28)13-12-20(26-23)9-6-14-27-16-18-7-2-4-10-21(18)22-11-5-3-8-19(22)17-27/h2-5,7-8,10-13,15,28H,6,9,14,16-17H2,1H3. The van der Waals surface area contributed by atoms with Crippen LogP contribution in [-0.4, -0.2) is 34.8 Å². The van der Waals surface area contributed by atoms with Crippen LogP contribution in [0.15, 0.2) is 65.7 Å². The minimum atomic E-state index is 0.176. The van der Waals surface area contributed by atoms with Crippen molar-refractivity contribution in [3.05, 3.63) is 83.2 Å². The van der Waals surface area contributed by atoms with Gasteiger partial charge in [-0.3, -0.25) is 9.89 Å². The number of pyridine rings is 1. The van der Waals surface area contributed by atoms with Crippen LogP contribution in [-0.2, 0) is 19.5 Å². The maximum Gasteiger partial charge on any atom is 0.142 e. The van der Waals surface area contributed by atoms with Crippen LogP contribution in [0.25, 0.3) is 11.1 Å². The molecule has 1 N–H and O–H groups in total. The Kier molecular flexibility index (Phi) is 5.49. The molecule has 28 heavy (non-hydrogen) atoms. The summed E-state index contributed by atoms with van der Waals surface area (Å²) in [6, 6.07) is 21.0. The highest BCUT2D eigenvalue weighted by Crippen LogP contribution is 2.32. The van der Waals surface area contributed by atoms with Crippen molar-refractivity contribution in [2.45, 2.75) is 25.9 Å². The van der Waals surface area contributed by atoms with Gasteiger partial charge in [0.15, 0.2) is 0 Å². The van der Waals surface area contributed by atoms with Crippen molar-refractivity contribution in [1.82, 2.24) is 9.88 Å². The van der Waals surface area contributed by atoms with E-state index < -0.39 is 0 Å². The number of hydrogen-bond acceptors (Lipinski definition) is 4. The molecule has 0 unspecified atom stereocenters. The lowest BCUT2D eigenvalue weighted by Gasteiger charge is -2.21. The highest BCUT2D eigenvalue weighted by Gasteiger charge is 2.18. The van der Waals surface area contributed by atoms with Gasteiger partial charge in [0.2, 0.25) is 0 Å². The zero-order valence-corrected chi connectivity index (χ0v) is 16.2. The quantitative estimate of drug-likeness (QED) is 0.674. The average molecular weight is 371 g/mol. The Bertz CT molecular complexity index is 949. The minimum Gasteiger partial charge on any atom is -0.506 e. The van der Waals surface area contributed by atoms with Gasteiger partial charge >= 0.3 is 0 Å². The third kappa shape index (κ3) is 3.97. The molecule has 4 heteroatoms. The number of benzene rings is 2. The molecule has 0 saturated heterocycles. The van der Waals surface area contributed by atoms with Crippen molar-refractivity contribution in [3.63, 3.8) is 0 Å². The number of aromatic nitrogens is 1. The van der Waals surface area contributed by atoms with Gasteiger partial charge in [0.1, 0.15) is 11.4 Å². The van der Waals surface area contributed by atoms with E-state index in [0.29, 0.717) is 5.69 Å². The zero-order valence-electron chi connectivity index (χ0n) is 16.2. The maximum absolute atomic E-state index is 9.85. The summed E-state index contributed by atoms with van der Waals surface area (Å²) in [5.41, 5.74) is 7.00. The second-order valence-electron chi connectivity index (χ2n) is 7.22. The summed E-state index contributed by atoms with van der Waals surface area (Å²) >= 11 is 0. The fraction of sp³-hybridized carbons (Fsp3) is 0.250. The largest absolute Gasteiger partial charge is 0.506 e. The van der Waals surface area contributed by atoms with Gasteiger partial charge in [-0.1, -0.05) is 48.5 Å². The maximum atomic E-state index is 9.85. The summed E-state index contributed by atoms with van der Waals surface area (Å²) in [5, 5.41) is 9.85. The summed E-state index contributed by atoms with van der Waals surface area (Å²) in [7, 11) is 1.68. The number of aryl methyl sites for hydroxylation is 1. The first-order valence-corrected chi connectivity index (χ1v) is 9.74. The molecule has 4 rings (SSSR count). The topological polar surface area (TPSA) is 48.7 Å². The molecule has 0 saturated carbocycles. The van der Waals surface area contributed by atoms with E-state index in [-0.39, 0.29) is 5.75 Å². The lowest BCUT2D eigenvalue weighted by Crippen LogP contribution is -2.23. The zero-order chi connectivity index (χ0) is 19.3. The van der Waals surface area contributed by atoms with E-state index in [9.17, 15) is 5.11 Å². The molecule has 142 valence electrons. The molecule has 0 atom stereocenters. The fourth-order valence-electron chi connectivity index (χ4n) is 3.89. The lowest BCUT2D eigenvalue weighted by atomic mass is 9.97. The number of aromatic hydroxyl groups is 1. The van der Waals surface area contributed by atoms with Crippen LogP contribution >= 0.6 is 0 Å². The first-order chi connectivity index (χ1) is 13.7. The van der Waals surface area contributed by atoms with E-state index in [2.05, 4.69) is 63.4 Å². The summed E-state index contributed by atoms with van der Waals surface area (Å²) in [5.74, 6) is 0.176. The van der Waals surface area contributed by atoms with Crippen LogP contribution in [0.4, 0.5) is 0 Å². The molecule has 2 heterocycles. The smallest absolute Gasteiger partial charge is 0.142 e. The normalized spacial score (nSPS) is 13.9. The van der Waals surface area contributed by atoms with Crippen LogP contribution in [0.1, 0.15) is 28.9 Å². The molecular weight excluding hydrogens is 346 g/mol. The van der Waals surface area contributed by atoms with Gasteiger partial charge in [-0.05, 0) is 53.8 Å². The van der Waals surface area contributed by atoms with Gasteiger partial charge in [-0.25, -0.2) is 4.98 Å². The molecule has 4 nitrogen and oxygen atoms in total. The first kappa shape index (κ1) is 18.4. The SMILES string of the molecule is CN=Cc1nc(CCCN2Cc3ccccc3-c3ccccc3C2)ccc1O. The van der Waals surface area contributed by atoms with Crippen molar-refractivity contribution >= 4 is 6.21 Å². The highest BCUT2D eigenvalue weighted by atomic mass is 16.3. The number of aliphatic imine (C=N–C) groups is 1. The Morgan fingerprint density at radius 2 is 1.61 bits per heavy atom. The van der Waals surface area contributed by atoms with Gasteiger partial charge in [0, 0.05) is 25.8 Å². The molecule has 3 aromatic rings. The van der Waals surface area contributed by atoms with Crippen molar-refractivity contribution in [1.29, 1.82) is 0 Å². The Balaban J connectivity index is 1.47. The van der Waals surface area contributed by atoms with Crippen molar-refractivity contribution in [2.75, 3.05) is 13.6 Å². The van der Waals surface area contributed by atoms with Crippen LogP contribution in [0.5, 0.6) is 5.75 Å². The third-order valence-corrected chi connectivity index (χ3v) is 5.23. The first-order valence-electron chi connectivity index (χ1n) is 9.74. The van der Waals surface area contributed by atoms with E-state index in [4.69, 9.17) is 0 Å². The van der Waals surface area contributed by atoms with Crippen molar-refractivity contribution < 1.29 is 5.11 Å². The Morgan fingerprint density at radius 3 is 2.25 bits per heavy atom. The van der Waals surface area contributed by atoms with Gasteiger partial charge in [-0.15, -0.1) is 0 Å². The second-order valence-corrected chi connectivity index (χ2v) is 7.22. The third-order valence-electron chi connectivity index (χ3n) is 5.23. The molecule has 0 amide bonds. The van der Waals surface area contributed by atoms with Gasteiger partial charge in [0.05, 0.1) is 6.21 Å². The lowest BCUT2D eigenvalue weighted by molar-refractivity contribution is 0.256. The number of hydrogen-bond donors (Lipinski definition) is 1. The molecule has 0 radical (unpaired) electrons. The van der Waals surface area contributed by atoms with Crippen LogP contribution in [0, 0.1) is 0 Å². The minimum absolute atomic E-state index is 0.176. The van der Waals surface area contributed by atoms with Crippen LogP contribution < -0.4 is 0 Å². The fourth-order valence-corrected chi connectivity index (χ4v) is 3.89. The van der Waals surface area contributed by atoms with E-state index in [0.717, 1.165) is 38.2 Å². The molecule has 0 spiro atoms. The predicted octanol–water partition coefficient (Wildman–Crippen LogP) is 4.45. The van der Waals surface area contributed by atoms with Crippen LogP contribution in [0.3, 0.4) is 0 Å². The average Bonchev–Trinajstić information content (AvgIpc) is 2.87. The molecular formula is C24H25N3O. The van der Waals surface area contributed by atoms with Crippen molar-refractivity contribution in [2.24, 2.45) is 4.99 Å². The van der Waals surface area contributed by atoms with E-state index in [1.54, 1.807) is 19.3 Å². The van der Waals surface area contributed by atoms with Gasteiger partial charge in [0.25, 0.3) is 0 Å². The van der Waals surface area contributed by atoms with E-state index in [1.807, 2.05) is 6.07 Å². The van der Waals surface area contributed by atoms with Gasteiger partial charge < -0.3 is 5.11 Å². The Morgan fingerprint density at radius 1 is 0.964 bits per heavy atom. The van der Waals surface area contributed by atoms with Crippen LogP contribution in [0.2, 0.25) is 0 Å². The summed E-state index contributed by atoms with van der Waals surface area (Å²) in [4.78, 5) is 11.0. The van der Waals surface area contributed by atoms with Gasteiger partial charge in [-0.2, -0.15) is 0 Å². The highest BCUT2D eigenvalue weighted by molar-refractivity contribution is 5.80. The van der Waals surface area contributed by atoms with E-state index >= 15 is 0 Å².